The molecule has 12 heteroatoms. The fourth-order valence-corrected chi connectivity index (χ4v) is 7.10. The van der Waals surface area contributed by atoms with Crippen molar-refractivity contribution in [3.8, 4) is 17.2 Å². The van der Waals surface area contributed by atoms with Gasteiger partial charge in [-0.15, -0.1) is 0 Å². The number of aromatic nitrogens is 2. The minimum Gasteiger partial charge on any atom is -0.493 e. The van der Waals surface area contributed by atoms with Gasteiger partial charge in [0.1, 0.15) is 0 Å². The third-order valence-corrected chi connectivity index (χ3v) is 9.27. The third-order valence-electron chi connectivity index (χ3n) is 7.60. The average Bonchev–Trinajstić information content (AvgIpc) is 3.48. The number of fused-ring (bicyclic) bond motifs is 1. The smallest absolute Gasteiger partial charge is 0.338 e. The van der Waals surface area contributed by atoms with Crippen molar-refractivity contribution in [3.05, 3.63) is 106 Å². The Bertz CT molecular complexity index is 2050. The zero-order valence-corrected chi connectivity index (χ0v) is 28.3. The molecule has 0 bridgehead atoms. The maximum atomic E-state index is 14.2. The molecule has 0 aliphatic carbocycles. The number of ether oxygens (including phenoxy) is 4. The SMILES string of the molecule is CCOC(=O)C1=C(C)N=c2s/c(=C/c3cc(C)n(-c4cccc(C(=O)OC)c4)c3C)c(=O)n2[C@H]1c1cc(OC)c(OC)cc1Br. The van der Waals surface area contributed by atoms with Crippen molar-refractivity contribution < 1.29 is 28.5 Å². The lowest BCUT2D eigenvalue weighted by Gasteiger charge is -2.26. The molecule has 1 aliphatic rings. The van der Waals surface area contributed by atoms with Crippen LogP contribution in [0.4, 0.5) is 0 Å². The molecule has 10 nitrogen and oxygen atoms in total. The lowest BCUT2D eigenvalue weighted by Crippen LogP contribution is -2.40. The van der Waals surface area contributed by atoms with Gasteiger partial charge in [0, 0.05) is 21.5 Å². The highest BCUT2D eigenvalue weighted by Gasteiger charge is 2.35. The van der Waals surface area contributed by atoms with Crippen molar-refractivity contribution in [3.63, 3.8) is 0 Å². The summed E-state index contributed by atoms with van der Waals surface area (Å²) >= 11 is 4.87. The summed E-state index contributed by atoms with van der Waals surface area (Å²) in [6, 6.07) is 11.8. The number of allylic oxidation sites excluding steroid dienone is 1. The summed E-state index contributed by atoms with van der Waals surface area (Å²) in [5, 5.41) is 0. The molecule has 2 aromatic heterocycles. The van der Waals surface area contributed by atoms with E-state index in [-0.39, 0.29) is 17.7 Å². The first-order valence-electron chi connectivity index (χ1n) is 14.0. The van der Waals surface area contributed by atoms with Crippen LogP contribution < -0.4 is 24.4 Å². The van der Waals surface area contributed by atoms with Crippen LogP contribution in [-0.4, -0.2) is 49.0 Å². The number of hydrogen-bond donors (Lipinski definition) is 0. The molecule has 3 heterocycles. The molecule has 0 radical (unpaired) electrons. The van der Waals surface area contributed by atoms with Gasteiger partial charge in [0.05, 0.1) is 55.3 Å². The molecule has 45 heavy (non-hydrogen) atoms. The van der Waals surface area contributed by atoms with E-state index in [4.69, 9.17) is 18.9 Å². The molecule has 1 aliphatic heterocycles. The highest BCUT2D eigenvalue weighted by Crippen LogP contribution is 2.40. The molecule has 0 fully saturated rings. The molecular weight excluding hydrogens is 662 g/mol. The topological polar surface area (TPSA) is 110 Å². The fraction of sp³-hybridized carbons (Fsp3) is 0.273. The normalized spacial score (nSPS) is 14.6. The Morgan fingerprint density at radius 2 is 1.73 bits per heavy atom. The van der Waals surface area contributed by atoms with Crippen LogP contribution >= 0.6 is 27.3 Å². The Morgan fingerprint density at radius 1 is 1.02 bits per heavy atom. The summed E-state index contributed by atoms with van der Waals surface area (Å²) in [6.45, 7) is 7.54. The molecule has 2 aromatic carbocycles. The van der Waals surface area contributed by atoms with Crippen LogP contribution in [0, 0.1) is 13.8 Å². The van der Waals surface area contributed by atoms with Gasteiger partial charge in [-0.2, -0.15) is 0 Å². The second kappa shape index (κ2) is 12.9. The second-order valence-electron chi connectivity index (χ2n) is 10.2. The van der Waals surface area contributed by atoms with Gasteiger partial charge in [-0.3, -0.25) is 9.36 Å². The van der Waals surface area contributed by atoms with E-state index in [1.807, 2.05) is 36.6 Å². The predicted octanol–water partition coefficient (Wildman–Crippen LogP) is 4.77. The number of thiazole rings is 1. The summed E-state index contributed by atoms with van der Waals surface area (Å²) in [4.78, 5) is 44.9. The summed E-state index contributed by atoms with van der Waals surface area (Å²) < 4.78 is 26.0. The number of rotatable bonds is 8. The number of benzene rings is 2. The Labute approximate surface area is 272 Å². The van der Waals surface area contributed by atoms with Crippen LogP contribution in [0.3, 0.4) is 0 Å². The number of methoxy groups -OCH3 is 3. The van der Waals surface area contributed by atoms with Crippen LogP contribution in [0.25, 0.3) is 11.8 Å². The predicted molar refractivity (Wildman–Crippen MR) is 174 cm³/mol. The zero-order chi connectivity index (χ0) is 32.6. The molecule has 0 spiro atoms. The number of nitrogens with zero attached hydrogens (tertiary/aromatic N) is 3. The van der Waals surface area contributed by atoms with Gasteiger partial charge >= 0.3 is 11.9 Å². The fourth-order valence-electron chi connectivity index (χ4n) is 5.53. The van der Waals surface area contributed by atoms with E-state index in [1.54, 1.807) is 44.2 Å². The quantitative estimate of drug-likeness (QED) is 0.245. The highest BCUT2D eigenvalue weighted by atomic mass is 79.9. The summed E-state index contributed by atoms with van der Waals surface area (Å²) in [5.74, 6) is -0.0444. The van der Waals surface area contributed by atoms with Crippen molar-refractivity contribution >= 4 is 45.3 Å². The Balaban J connectivity index is 1.71. The van der Waals surface area contributed by atoms with Crippen molar-refractivity contribution in [2.45, 2.75) is 33.7 Å². The van der Waals surface area contributed by atoms with Crippen LogP contribution in [-0.2, 0) is 14.3 Å². The molecular formula is C33H32BrN3O7S. The van der Waals surface area contributed by atoms with Gasteiger partial charge in [-0.1, -0.05) is 33.3 Å². The zero-order valence-electron chi connectivity index (χ0n) is 25.9. The van der Waals surface area contributed by atoms with Crippen molar-refractivity contribution in [2.24, 2.45) is 4.99 Å². The van der Waals surface area contributed by atoms with Crippen LogP contribution in [0.2, 0.25) is 0 Å². The van der Waals surface area contributed by atoms with E-state index in [2.05, 4.69) is 20.9 Å². The Hall–Kier alpha value is -4.42. The standard InChI is InChI=1S/C33H32BrN3O7S/c1-8-44-32(40)28-18(3)35-33-37(29(28)23-15-25(41-5)26(42-6)16-24(23)34)30(38)27(45-33)14-21-12-17(2)36(19(21)4)22-11-9-10-20(13-22)31(39)43-7/h9-16,29H,8H2,1-7H3/b27-14+/t29-/m0/s1. The van der Waals surface area contributed by atoms with E-state index in [1.165, 1.54) is 37.2 Å². The van der Waals surface area contributed by atoms with Gasteiger partial charge in [0.2, 0.25) is 0 Å². The minimum atomic E-state index is -0.842. The summed E-state index contributed by atoms with van der Waals surface area (Å²) in [7, 11) is 4.41. The molecule has 234 valence electrons. The first-order valence-corrected chi connectivity index (χ1v) is 15.6. The Morgan fingerprint density at radius 3 is 2.40 bits per heavy atom. The number of carbonyl (C=O) groups is 2. The Kier molecular flexibility index (Phi) is 9.17. The number of esters is 2. The lowest BCUT2D eigenvalue weighted by atomic mass is 9.95. The first kappa shape index (κ1) is 32.0. The minimum absolute atomic E-state index is 0.165. The van der Waals surface area contributed by atoms with Crippen molar-refractivity contribution in [2.75, 3.05) is 27.9 Å². The van der Waals surface area contributed by atoms with Crippen molar-refractivity contribution in [1.29, 1.82) is 0 Å². The van der Waals surface area contributed by atoms with Crippen molar-refractivity contribution in [1.82, 2.24) is 9.13 Å². The number of carbonyl (C=O) groups excluding carboxylic acids is 2. The largest absolute Gasteiger partial charge is 0.493 e. The number of hydrogen-bond acceptors (Lipinski definition) is 9. The molecule has 1 atom stereocenters. The highest BCUT2D eigenvalue weighted by molar-refractivity contribution is 9.10. The molecule has 5 rings (SSSR count). The number of aryl methyl sites for hydroxylation is 1. The lowest BCUT2D eigenvalue weighted by molar-refractivity contribution is -0.139. The molecule has 0 saturated heterocycles. The van der Waals surface area contributed by atoms with Crippen LogP contribution in [0.15, 0.2) is 68.0 Å². The second-order valence-corrected chi connectivity index (χ2v) is 12.1. The van der Waals surface area contributed by atoms with Gasteiger partial charge in [0.25, 0.3) is 5.56 Å². The van der Waals surface area contributed by atoms with E-state index in [0.717, 1.165) is 22.6 Å². The van der Waals surface area contributed by atoms with Crippen LogP contribution in [0.5, 0.6) is 11.5 Å². The van der Waals surface area contributed by atoms with E-state index >= 15 is 0 Å². The third kappa shape index (κ3) is 5.75. The molecule has 0 amide bonds. The van der Waals surface area contributed by atoms with E-state index in [9.17, 15) is 14.4 Å². The summed E-state index contributed by atoms with van der Waals surface area (Å²) in [5.41, 5.74) is 4.87. The van der Waals surface area contributed by atoms with Gasteiger partial charge in [-0.05, 0) is 81.3 Å². The average molecular weight is 695 g/mol. The van der Waals surface area contributed by atoms with Crippen LogP contribution in [0.1, 0.15) is 52.8 Å². The van der Waals surface area contributed by atoms with E-state index in [0.29, 0.717) is 42.1 Å². The van der Waals surface area contributed by atoms with Gasteiger partial charge < -0.3 is 23.5 Å². The molecule has 0 N–H and O–H groups in total. The molecule has 0 unspecified atom stereocenters. The monoisotopic (exact) mass is 693 g/mol. The first-order chi connectivity index (χ1) is 21.5. The maximum absolute atomic E-state index is 14.2. The summed E-state index contributed by atoms with van der Waals surface area (Å²) in [6.07, 6.45) is 1.83. The molecule has 4 aromatic rings. The maximum Gasteiger partial charge on any atom is 0.338 e. The van der Waals surface area contributed by atoms with E-state index < -0.39 is 18.0 Å². The number of halogens is 1. The van der Waals surface area contributed by atoms with Gasteiger partial charge in [0.15, 0.2) is 16.3 Å². The molecule has 0 saturated carbocycles. The van der Waals surface area contributed by atoms with Gasteiger partial charge in [-0.25, -0.2) is 14.6 Å².